The van der Waals surface area contributed by atoms with Crippen LogP contribution in [-0.2, 0) is 14.8 Å². The highest BCUT2D eigenvalue weighted by Gasteiger charge is 2.28. The van der Waals surface area contributed by atoms with Crippen LogP contribution < -0.4 is 4.72 Å². The van der Waals surface area contributed by atoms with Gasteiger partial charge in [-0.2, -0.15) is 0 Å². The lowest BCUT2D eigenvalue weighted by atomic mass is 10.2. The molecule has 0 radical (unpaired) electrons. The molecular weight excluding hydrogens is 386 g/mol. The molecule has 9 nitrogen and oxygen atoms in total. The summed E-state index contributed by atoms with van der Waals surface area (Å²) in [6.07, 6.45) is 0. The molecule has 1 saturated heterocycles. The number of benzene rings is 1. The van der Waals surface area contributed by atoms with Gasteiger partial charge in [0.1, 0.15) is 11.5 Å². The number of furan rings is 1. The van der Waals surface area contributed by atoms with Gasteiger partial charge in [0.2, 0.25) is 10.0 Å². The van der Waals surface area contributed by atoms with Crippen molar-refractivity contribution < 1.29 is 22.5 Å². The summed E-state index contributed by atoms with van der Waals surface area (Å²) in [5.41, 5.74) is 0.176. The van der Waals surface area contributed by atoms with E-state index in [9.17, 15) is 18.5 Å². The Morgan fingerprint density at radius 3 is 2.54 bits per heavy atom. The molecule has 1 N–H and O–H groups in total. The van der Waals surface area contributed by atoms with Crippen LogP contribution in [0.1, 0.15) is 23.1 Å². The molecule has 2 heterocycles. The second-order valence-corrected chi connectivity index (χ2v) is 8.44. The zero-order chi connectivity index (χ0) is 20.3. The van der Waals surface area contributed by atoms with Crippen molar-refractivity contribution in [2.75, 3.05) is 32.8 Å². The van der Waals surface area contributed by atoms with Gasteiger partial charge in [-0.3, -0.25) is 15.0 Å². The van der Waals surface area contributed by atoms with Crippen LogP contribution in [0.5, 0.6) is 0 Å². The monoisotopic (exact) mass is 409 g/mol. The molecule has 1 aromatic carbocycles. The minimum absolute atomic E-state index is 0.0803. The number of sulfonamides is 1. The third-order valence-corrected chi connectivity index (χ3v) is 6.15. The van der Waals surface area contributed by atoms with Crippen LogP contribution in [0.4, 0.5) is 5.69 Å². The second kappa shape index (κ2) is 8.39. The van der Waals surface area contributed by atoms with Gasteiger partial charge >= 0.3 is 0 Å². The smallest absolute Gasteiger partial charge is 0.273 e. The van der Waals surface area contributed by atoms with Gasteiger partial charge in [0.05, 0.1) is 29.1 Å². The molecular formula is C18H23N3O6S. The quantitative estimate of drug-likeness (QED) is 0.550. The fourth-order valence-electron chi connectivity index (χ4n) is 3.16. The van der Waals surface area contributed by atoms with E-state index in [1.807, 2.05) is 19.1 Å². The maximum atomic E-state index is 12.7. The molecule has 0 saturated carbocycles. The molecule has 0 amide bonds. The van der Waals surface area contributed by atoms with Crippen LogP contribution in [0, 0.1) is 24.0 Å². The fraction of sp³-hybridized carbons (Fsp3) is 0.444. The normalized spacial score (nSPS) is 16.8. The van der Waals surface area contributed by atoms with Crippen LogP contribution in [0.3, 0.4) is 0 Å². The second-order valence-electron chi connectivity index (χ2n) is 6.67. The summed E-state index contributed by atoms with van der Waals surface area (Å²) >= 11 is 0. The highest BCUT2D eigenvalue weighted by Crippen LogP contribution is 2.25. The Morgan fingerprint density at radius 1 is 1.21 bits per heavy atom. The molecule has 1 aromatic heterocycles. The summed E-state index contributed by atoms with van der Waals surface area (Å²) in [5.74, 6) is 1.40. The molecule has 152 valence electrons. The van der Waals surface area contributed by atoms with E-state index < -0.39 is 14.9 Å². The van der Waals surface area contributed by atoms with Gasteiger partial charge in [0, 0.05) is 31.3 Å². The van der Waals surface area contributed by atoms with Gasteiger partial charge < -0.3 is 9.15 Å². The highest BCUT2D eigenvalue weighted by molar-refractivity contribution is 7.89. The Labute approximate surface area is 163 Å². The first-order chi connectivity index (χ1) is 13.3. The zero-order valence-corrected chi connectivity index (χ0v) is 16.6. The average Bonchev–Trinajstić information content (AvgIpc) is 3.08. The van der Waals surface area contributed by atoms with Gasteiger partial charge in [0.15, 0.2) is 0 Å². The highest BCUT2D eigenvalue weighted by atomic mass is 32.2. The van der Waals surface area contributed by atoms with Crippen LogP contribution >= 0.6 is 0 Å². The molecule has 0 bridgehead atoms. The SMILES string of the molecule is Cc1ccc([C@H](CNS(=O)(=O)c2ccc(C)c([N+](=O)[O-])c2)N2CCOCC2)o1. The van der Waals surface area contributed by atoms with Crippen molar-refractivity contribution in [3.05, 3.63) is 57.5 Å². The van der Waals surface area contributed by atoms with E-state index in [0.29, 0.717) is 37.6 Å². The maximum absolute atomic E-state index is 12.7. The molecule has 28 heavy (non-hydrogen) atoms. The molecule has 10 heteroatoms. The number of rotatable bonds is 7. The van der Waals surface area contributed by atoms with E-state index in [2.05, 4.69) is 9.62 Å². The topological polar surface area (TPSA) is 115 Å². The van der Waals surface area contributed by atoms with Crippen molar-refractivity contribution in [3.8, 4) is 0 Å². The molecule has 0 spiro atoms. The predicted octanol–water partition coefficient (Wildman–Crippen LogP) is 2.16. The Hall–Kier alpha value is -2.27. The lowest BCUT2D eigenvalue weighted by molar-refractivity contribution is -0.385. The largest absolute Gasteiger partial charge is 0.465 e. The van der Waals surface area contributed by atoms with Crippen molar-refractivity contribution in [2.24, 2.45) is 0 Å². The Morgan fingerprint density at radius 2 is 1.93 bits per heavy atom. The first-order valence-corrected chi connectivity index (χ1v) is 10.4. The fourth-order valence-corrected chi connectivity index (χ4v) is 4.21. The molecule has 1 fully saturated rings. The molecule has 2 aromatic rings. The molecule has 0 aliphatic carbocycles. The standard InChI is InChI=1S/C18H23N3O6S/c1-13-3-5-15(11-16(13)21(22)23)28(24,25)19-12-17(18-6-4-14(2)27-18)20-7-9-26-10-8-20/h3-6,11,17,19H,7-10,12H2,1-2H3/t17-/m0/s1. The summed E-state index contributed by atoms with van der Waals surface area (Å²) in [4.78, 5) is 12.5. The minimum Gasteiger partial charge on any atom is -0.465 e. The van der Waals surface area contributed by atoms with Gasteiger partial charge in [-0.1, -0.05) is 6.07 Å². The summed E-state index contributed by atoms with van der Waals surface area (Å²) < 4.78 is 39.1. The van der Waals surface area contributed by atoms with Crippen molar-refractivity contribution in [1.29, 1.82) is 0 Å². The Balaban J connectivity index is 1.82. The number of nitrogens with one attached hydrogen (secondary N) is 1. The van der Waals surface area contributed by atoms with E-state index in [1.165, 1.54) is 12.1 Å². The van der Waals surface area contributed by atoms with E-state index >= 15 is 0 Å². The minimum atomic E-state index is -3.92. The Kier molecular flexibility index (Phi) is 6.14. The van der Waals surface area contributed by atoms with Crippen molar-refractivity contribution in [1.82, 2.24) is 9.62 Å². The zero-order valence-electron chi connectivity index (χ0n) is 15.8. The van der Waals surface area contributed by atoms with Crippen molar-refractivity contribution >= 4 is 15.7 Å². The lowest BCUT2D eigenvalue weighted by Crippen LogP contribution is -2.43. The summed E-state index contributed by atoms with van der Waals surface area (Å²) in [6, 6.07) is 7.25. The van der Waals surface area contributed by atoms with Gasteiger partial charge in [-0.15, -0.1) is 0 Å². The van der Waals surface area contributed by atoms with Crippen molar-refractivity contribution in [3.63, 3.8) is 0 Å². The molecule has 0 unspecified atom stereocenters. The maximum Gasteiger partial charge on any atom is 0.273 e. The Bertz CT molecular complexity index is 950. The molecule has 1 aliphatic heterocycles. The predicted molar refractivity (Wildman–Crippen MR) is 102 cm³/mol. The van der Waals surface area contributed by atoms with Crippen LogP contribution in [0.15, 0.2) is 39.6 Å². The number of morpholine rings is 1. The number of nitrogens with zero attached hydrogens (tertiary/aromatic N) is 2. The van der Waals surface area contributed by atoms with E-state index in [-0.39, 0.29) is 23.2 Å². The average molecular weight is 409 g/mol. The molecule has 3 rings (SSSR count). The molecule has 1 atom stereocenters. The van der Waals surface area contributed by atoms with Gasteiger partial charge in [0.25, 0.3) is 5.69 Å². The van der Waals surface area contributed by atoms with Gasteiger partial charge in [-0.25, -0.2) is 13.1 Å². The number of nitro groups is 1. The van der Waals surface area contributed by atoms with Crippen molar-refractivity contribution in [2.45, 2.75) is 24.8 Å². The van der Waals surface area contributed by atoms with E-state index in [1.54, 1.807) is 6.92 Å². The van der Waals surface area contributed by atoms with Crippen LogP contribution in [0.25, 0.3) is 0 Å². The first-order valence-electron chi connectivity index (χ1n) is 8.91. The van der Waals surface area contributed by atoms with E-state index in [0.717, 1.165) is 11.8 Å². The number of aryl methyl sites for hydroxylation is 2. The number of hydrogen-bond acceptors (Lipinski definition) is 7. The van der Waals surface area contributed by atoms with Crippen LogP contribution in [0.2, 0.25) is 0 Å². The third kappa shape index (κ3) is 4.58. The number of ether oxygens (including phenoxy) is 1. The first kappa shape index (κ1) is 20.5. The van der Waals surface area contributed by atoms with Crippen LogP contribution in [-0.4, -0.2) is 51.1 Å². The summed E-state index contributed by atoms with van der Waals surface area (Å²) in [6.45, 7) is 5.91. The summed E-state index contributed by atoms with van der Waals surface area (Å²) in [5, 5.41) is 11.1. The van der Waals surface area contributed by atoms with Gasteiger partial charge in [-0.05, 0) is 32.0 Å². The number of hydrogen-bond donors (Lipinski definition) is 1. The van der Waals surface area contributed by atoms with E-state index in [4.69, 9.17) is 9.15 Å². The summed E-state index contributed by atoms with van der Waals surface area (Å²) in [7, 11) is -3.92. The lowest BCUT2D eigenvalue weighted by Gasteiger charge is -2.33. The molecule has 1 aliphatic rings. The third-order valence-electron chi connectivity index (χ3n) is 4.73. The number of nitro benzene ring substituents is 1.